The molecule has 7 heteroatoms. The van der Waals surface area contributed by atoms with Crippen LogP contribution in [0, 0.1) is 6.92 Å². The number of hydrogen-bond donors (Lipinski definition) is 1. The van der Waals surface area contributed by atoms with Gasteiger partial charge >= 0.3 is 0 Å². The summed E-state index contributed by atoms with van der Waals surface area (Å²) in [5, 5.41) is 7.25. The number of fused-ring (bicyclic) bond motifs is 1. The lowest BCUT2D eigenvalue weighted by Crippen LogP contribution is -2.17. The molecule has 0 atom stereocenters. The van der Waals surface area contributed by atoms with E-state index in [2.05, 4.69) is 10.4 Å². The Kier molecular flexibility index (Phi) is 4.77. The van der Waals surface area contributed by atoms with E-state index in [4.69, 9.17) is 9.47 Å². The highest BCUT2D eigenvalue weighted by Gasteiger charge is 2.17. The van der Waals surface area contributed by atoms with Crippen molar-refractivity contribution in [2.75, 3.05) is 24.8 Å². The van der Waals surface area contributed by atoms with Gasteiger partial charge in [0.1, 0.15) is 13.2 Å². The van der Waals surface area contributed by atoms with Crippen LogP contribution in [0.3, 0.4) is 0 Å². The normalized spacial score (nSPS) is 12.7. The first kappa shape index (κ1) is 17.5. The third-order valence-electron chi connectivity index (χ3n) is 4.22. The second-order valence-electron chi connectivity index (χ2n) is 6.16. The predicted molar refractivity (Wildman–Crippen MR) is 105 cm³/mol. The Morgan fingerprint density at radius 1 is 1.15 bits per heavy atom. The molecule has 4 rings (SSSR count). The van der Waals surface area contributed by atoms with Gasteiger partial charge < -0.3 is 14.8 Å². The summed E-state index contributed by atoms with van der Waals surface area (Å²) in [6.07, 6.45) is 5.70. The number of carbonyl (C=O) groups excluding carboxylic acids is 1. The minimum absolute atomic E-state index is 0.176. The van der Waals surface area contributed by atoms with Gasteiger partial charge in [0.15, 0.2) is 11.5 Å². The van der Waals surface area contributed by atoms with Gasteiger partial charge in [-0.3, -0.25) is 4.79 Å². The smallest absolute Gasteiger partial charge is 0.255 e. The molecular weight excluding hydrogens is 362 g/mol. The average molecular weight is 381 g/mol. The van der Waals surface area contributed by atoms with Crippen LogP contribution < -0.4 is 14.8 Å². The van der Waals surface area contributed by atoms with Gasteiger partial charge in [0.2, 0.25) is 0 Å². The monoisotopic (exact) mass is 381 g/mol. The van der Waals surface area contributed by atoms with Crippen molar-refractivity contribution in [2.45, 2.75) is 11.8 Å². The standard InChI is InChI=1S/C20H19N3O3S/c1-13-11-21-23(12-13)15-5-3-14(4-6-15)20(24)22-16-9-17-18(10-19(16)27-2)26-8-7-25-17/h3-6,9-12H,7-8H2,1-2H3,(H,22,24). The molecular formula is C20H19N3O3S. The molecule has 1 aliphatic heterocycles. The number of benzene rings is 2. The molecule has 0 bridgehead atoms. The van der Waals surface area contributed by atoms with Crippen molar-refractivity contribution >= 4 is 23.4 Å². The van der Waals surface area contributed by atoms with Crippen molar-refractivity contribution in [3.63, 3.8) is 0 Å². The van der Waals surface area contributed by atoms with Crippen LogP contribution in [-0.4, -0.2) is 35.2 Å². The van der Waals surface area contributed by atoms with Crippen molar-refractivity contribution in [2.24, 2.45) is 0 Å². The Balaban J connectivity index is 1.55. The van der Waals surface area contributed by atoms with Crippen LogP contribution in [0.2, 0.25) is 0 Å². The molecule has 1 aromatic heterocycles. The lowest BCUT2D eigenvalue weighted by molar-refractivity contribution is 0.102. The van der Waals surface area contributed by atoms with Crippen LogP contribution >= 0.6 is 11.8 Å². The SMILES string of the molecule is CSc1cc2c(cc1NC(=O)c1ccc(-n3cc(C)cn3)cc1)OCCO2. The minimum atomic E-state index is -0.176. The second kappa shape index (κ2) is 7.36. The summed E-state index contributed by atoms with van der Waals surface area (Å²) in [4.78, 5) is 13.6. The second-order valence-corrected chi connectivity index (χ2v) is 7.01. The van der Waals surface area contributed by atoms with Gasteiger partial charge in [0, 0.05) is 22.7 Å². The lowest BCUT2D eigenvalue weighted by atomic mass is 10.2. The topological polar surface area (TPSA) is 65.4 Å². The Bertz CT molecular complexity index is 983. The molecule has 1 aliphatic rings. The number of aromatic nitrogens is 2. The molecule has 0 saturated carbocycles. The average Bonchev–Trinajstić information content (AvgIpc) is 3.14. The number of hydrogen-bond acceptors (Lipinski definition) is 5. The highest BCUT2D eigenvalue weighted by molar-refractivity contribution is 7.98. The first-order valence-electron chi connectivity index (χ1n) is 8.55. The number of ether oxygens (including phenoxy) is 2. The Morgan fingerprint density at radius 3 is 2.48 bits per heavy atom. The van der Waals surface area contributed by atoms with E-state index in [-0.39, 0.29) is 5.91 Å². The molecule has 0 aliphatic carbocycles. The quantitative estimate of drug-likeness (QED) is 0.694. The van der Waals surface area contributed by atoms with Crippen molar-refractivity contribution in [1.82, 2.24) is 9.78 Å². The molecule has 2 aromatic carbocycles. The van der Waals surface area contributed by atoms with Crippen LogP contribution in [0.4, 0.5) is 5.69 Å². The molecule has 0 spiro atoms. The van der Waals surface area contributed by atoms with Gasteiger partial charge in [0.25, 0.3) is 5.91 Å². The van der Waals surface area contributed by atoms with E-state index >= 15 is 0 Å². The zero-order chi connectivity index (χ0) is 18.8. The summed E-state index contributed by atoms with van der Waals surface area (Å²) in [5.41, 5.74) is 3.27. The van der Waals surface area contributed by atoms with E-state index in [1.807, 2.05) is 43.6 Å². The molecule has 0 fully saturated rings. The first-order chi connectivity index (χ1) is 13.1. The van der Waals surface area contributed by atoms with Gasteiger partial charge in [0.05, 0.1) is 17.6 Å². The van der Waals surface area contributed by atoms with E-state index < -0.39 is 0 Å². The maximum absolute atomic E-state index is 12.7. The summed E-state index contributed by atoms with van der Waals surface area (Å²) in [6.45, 7) is 3.03. The van der Waals surface area contributed by atoms with Gasteiger partial charge in [-0.05, 0) is 49.1 Å². The fourth-order valence-electron chi connectivity index (χ4n) is 2.85. The Labute approximate surface area is 161 Å². The van der Waals surface area contributed by atoms with Crippen LogP contribution in [0.15, 0.2) is 53.7 Å². The van der Waals surface area contributed by atoms with Crippen molar-refractivity contribution in [3.05, 3.63) is 59.9 Å². The molecule has 0 unspecified atom stereocenters. The third kappa shape index (κ3) is 3.64. The van der Waals surface area contributed by atoms with E-state index in [0.29, 0.717) is 36.0 Å². The number of rotatable bonds is 4. The fraction of sp³-hybridized carbons (Fsp3) is 0.200. The first-order valence-corrected chi connectivity index (χ1v) is 9.77. The van der Waals surface area contributed by atoms with Gasteiger partial charge in [-0.2, -0.15) is 5.10 Å². The lowest BCUT2D eigenvalue weighted by Gasteiger charge is -2.21. The van der Waals surface area contributed by atoms with Crippen LogP contribution in [0.25, 0.3) is 5.69 Å². The molecule has 27 heavy (non-hydrogen) atoms. The zero-order valence-electron chi connectivity index (χ0n) is 15.1. The zero-order valence-corrected chi connectivity index (χ0v) is 15.9. The van der Waals surface area contributed by atoms with E-state index in [9.17, 15) is 4.79 Å². The molecule has 138 valence electrons. The van der Waals surface area contributed by atoms with E-state index in [1.54, 1.807) is 34.8 Å². The molecule has 0 saturated heterocycles. The number of carbonyl (C=O) groups is 1. The minimum Gasteiger partial charge on any atom is -0.486 e. The summed E-state index contributed by atoms with van der Waals surface area (Å²) in [5.74, 6) is 1.19. The van der Waals surface area contributed by atoms with Gasteiger partial charge in [-0.25, -0.2) is 4.68 Å². The number of nitrogens with zero attached hydrogens (tertiary/aromatic N) is 2. The summed E-state index contributed by atoms with van der Waals surface area (Å²) < 4.78 is 13.0. The number of thioether (sulfide) groups is 1. The molecule has 3 aromatic rings. The maximum Gasteiger partial charge on any atom is 0.255 e. The number of nitrogens with one attached hydrogen (secondary N) is 1. The van der Waals surface area contributed by atoms with Crippen LogP contribution in [0.5, 0.6) is 11.5 Å². The highest BCUT2D eigenvalue weighted by atomic mass is 32.2. The van der Waals surface area contributed by atoms with E-state index in [0.717, 1.165) is 16.1 Å². The third-order valence-corrected chi connectivity index (χ3v) is 5.00. The van der Waals surface area contributed by atoms with Crippen molar-refractivity contribution in [1.29, 1.82) is 0 Å². The Hall–Kier alpha value is -2.93. The summed E-state index contributed by atoms with van der Waals surface area (Å²) in [6, 6.07) is 11.1. The predicted octanol–water partition coefficient (Wildman–Crippen LogP) is 3.93. The van der Waals surface area contributed by atoms with Crippen molar-refractivity contribution < 1.29 is 14.3 Å². The summed E-state index contributed by atoms with van der Waals surface area (Å²) in [7, 11) is 0. The molecule has 0 radical (unpaired) electrons. The summed E-state index contributed by atoms with van der Waals surface area (Å²) >= 11 is 1.55. The largest absolute Gasteiger partial charge is 0.486 e. The fourth-order valence-corrected chi connectivity index (χ4v) is 3.41. The number of amides is 1. The molecule has 1 amide bonds. The van der Waals surface area contributed by atoms with Gasteiger partial charge in [-0.15, -0.1) is 11.8 Å². The number of anilines is 1. The molecule has 6 nitrogen and oxygen atoms in total. The van der Waals surface area contributed by atoms with Crippen LogP contribution in [0.1, 0.15) is 15.9 Å². The highest BCUT2D eigenvalue weighted by Crippen LogP contribution is 2.39. The molecule has 2 heterocycles. The van der Waals surface area contributed by atoms with E-state index in [1.165, 1.54) is 0 Å². The number of aryl methyl sites for hydroxylation is 1. The Morgan fingerprint density at radius 2 is 1.85 bits per heavy atom. The molecule has 1 N–H and O–H groups in total. The van der Waals surface area contributed by atoms with Crippen molar-refractivity contribution in [3.8, 4) is 17.2 Å². The van der Waals surface area contributed by atoms with Gasteiger partial charge in [-0.1, -0.05) is 0 Å². The maximum atomic E-state index is 12.7. The van der Waals surface area contributed by atoms with Crippen LogP contribution in [-0.2, 0) is 0 Å².